The molecule has 1 amide bonds. The highest BCUT2D eigenvalue weighted by Crippen LogP contribution is 2.20. The number of likely N-dealkylation sites (tertiary alicyclic amines) is 1. The van der Waals surface area contributed by atoms with Crippen LogP contribution < -0.4 is 0 Å². The van der Waals surface area contributed by atoms with Gasteiger partial charge < -0.3 is 9.64 Å². The zero-order valence-corrected chi connectivity index (χ0v) is 13.4. The molecule has 1 aromatic rings. The monoisotopic (exact) mass is 327 g/mol. The first kappa shape index (κ1) is 16.8. The van der Waals surface area contributed by atoms with Crippen molar-refractivity contribution in [1.82, 2.24) is 4.90 Å². The predicted octanol–water partition coefficient (Wildman–Crippen LogP) is 2.01. The van der Waals surface area contributed by atoms with Gasteiger partial charge >= 0.3 is 6.09 Å². The van der Waals surface area contributed by atoms with Crippen LogP contribution >= 0.6 is 0 Å². The van der Waals surface area contributed by atoms with Crippen LogP contribution in [0.4, 0.5) is 4.79 Å². The van der Waals surface area contributed by atoms with Crippen LogP contribution in [0.1, 0.15) is 18.4 Å². The van der Waals surface area contributed by atoms with Crippen molar-refractivity contribution in [1.29, 1.82) is 0 Å². The number of carbonyl (C=O) groups excluding carboxylic acids is 1. The summed E-state index contributed by atoms with van der Waals surface area (Å²) < 4.78 is 31.8. The number of benzene rings is 1. The van der Waals surface area contributed by atoms with E-state index < -0.39 is 10.1 Å². The molecule has 6 nitrogen and oxygen atoms in total. The summed E-state index contributed by atoms with van der Waals surface area (Å²) in [6, 6.07) is 9.52. The van der Waals surface area contributed by atoms with Gasteiger partial charge in [-0.1, -0.05) is 30.3 Å². The summed E-state index contributed by atoms with van der Waals surface area (Å²) in [5.41, 5.74) is 0.952. The van der Waals surface area contributed by atoms with E-state index in [0.717, 1.165) is 18.2 Å². The van der Waals surface area contributed by atoms with Crippen molar-refractivity contribution in [3.63, 3.8) is 0 Å². The predicted molar refractivity (Wildman–Crippen MR) is 81.7 cm³/mol. The van der Waals surface area contributed by atoms with Crippen LogP contribution in [-0.4, -0.2) is 45.4 Å². The van der Waals surface area contributed by atoms with Crippen molar-refractivity contribution in [2.75, 3.05) is 26.0 Å². The van der Waals surface area contributed by atoms with Gasteiger partial charge in [-0.25, -0.2) is 4.79 Å². The average Bonchev–Trinajstić information content (AvgIpc) is 2.93. The lowest BCUT2D eigenvalue weighted by Crippen LogP contribution is -2.29. The maximum absolute atomic E-state index is 12.0. The van der Waals surface area contributed by atoms with Gasteiger partial charge in [0.2, 0.25) is 0 Å². The molecule has 2 rings (SSSR count). The molecule has 1 fully saturated rings. The normalized spacial score (nSPS) is 18.4. The zero-order valence-electron chi connectivity index (χ0n) is 12.6. The molecule has 0 N–H and O–H groups in total. The lowest BCUT2D eigenvalue weighted by molar-refractivity contribution is 0.102. The van der Waals surface area contributed by atoms with Crippen LogP contribution in [0.3, 0.4) is 0 Å². The van der Waals surface area contributed by atoms with Crippen LogP contribution in [0, 0.1) is 5.92 Å². The van der Waals surface area contributed by atoms with Crippen molar-refractivity contribution >= 4 is 16.2 Å². The molecule has 0 aliphatic carbocycles. The highest BCUT2D eigenvalue weighted by molar-refractivity contribution is 7.85. The van der Waals surface area contributed by atoms with Gasteiger partial charge in [-0.15, -0.1) is 0 Å². The van der Waals surface area contributed by atoms with Crippen molar-refractivity contribution < 1.29 is 22.1 Å². The summed E-state index contributed by atoms with van der Waals surface area (Å²) >= 11 is 0. The largest absolute Gasteiger partial charge is 0.445 e. The maximum atomic E-state index is 12.0. The van der Waals surface area contributed by atoms with Gasteiger partial charge in [0.1, 0.15) is 6.61 Å². The topological polar surface area (TPSA) is 72.9 Å². The van der Waals surface area contributed by atoms with Crippen LogP contribution in [0.15, 0.2) is 30.3 Å². The Labute approximate surface area is 131 Å². The highest BCUT2D eigenvalue weighted by atomic mass is 32.2. The molecule has 0 aromatic heterocycles. The van der Waals surface area contributed by atoms with Crippen molar-refractivity contribution in [2.24, 2.45) is 5.92 Å². The second-order valence-corrected chi connectivity index (χ2v) is 7.10. The first-order valence-corrected chi connectivity index (χ1v) is 9.06. The molecule has 22 heavy (non-hydrogen) atoms. The Morgan fingerprint density at radius 2 is 2.05 bits per heavy atom. The van der Waals surface area contributed by atoms with E-state index >= 15 is 0 Å². The molecule has 0 saturated carbocycles. The van der Waals surface area contributed by atoms with Crippen LogP contribution in [-0.2, 0) is 25.6 Å². The van der Waals surface area contributed by atoms with E-state index in [1.165, 1.54) is 0 Å². The minimum absolute atomic E-state index is 0.163. The SMILES string of the molecule is CS(=O)(=O)OCCC1CCN(C(=O)OCc2ccccc2)C1. The van der Waals surface area contributed by atoms with E-state index in [0.29, 0.717) is 19.5 Å². The molecule has 7 heteroatoms. The Bertz CT molecular complexity index is 587. The molecule has 1 saturated heterocycles. The third-order valence-corrected chi connectivity index (χ3v) is 4.17. The van der Waals surface area contributed by atoms with Crippen LogP contribution in [0.2, 0.25) is 0 Å². The summed E-state index contributed by atoms with van der Waals surface area (Å²) in [5.74, 6) is 0.256. The molecule has 0 bridgehead atoms. The second kappa shape index (κ2) is 7.60. The summed E-state index contributed by atoms with van der Waals surface area (Å²) in [7, 11) is -3.39. The molecule has 0 radical (unpaired) electrons. The zero-order chi connectivity index (χ0) is 16.0. The molecule has 1 aliphatic heterocycles. The summed E-state index contributed by atoms with van der Waals surface area (Å²) in [5, 5.41) is 0. The third kappa shape index (κ3) is 5.65. The smallest absolute Gasteiger partial charge is 0.410 e. The molecule has 1 heterocycles. The fraction of sp³-hybridized carbons (Fsp3) is 0.533. The van der Waals surface area contributed by atoms with Crippen molar-refractivity contribution in [2.45, 2.75) is 19.4 Å². The summed E-state index contributed by atoms with van der Waals surface area (Å²) in [6.07, 6.45) is 2.17. The molecule has 1 aliphatic rings. The quantitative estimate of drug-likeness (QED) is 0.747. The minimum atomic E-state index is -3.39. The van der Waals surface area contributed by atoms with Crippen molar-refractivity contribution in [3.05, 3.63) is 35.9 Å². The average molecular weight is 327 g/mol. The van der Waals surface area contributed by atoms with Gasteiger partial charge in [0.25, 0.3) is 10.1 Å². The van der Waals surface area contributed by atoms with E-state index in [2.05, 4.69) is 0 Å². The molecule has 1 atom stereocenters. The van der Waals surface area contributed by atoms with E-state index in [-0.39, 0.29) is 25.2 Å². The van der Waals surface area contributed by atoms with E-state index in [4.69, 9.17) is 8.92 Å². The molecule has 1 unspecified atom stereocenters. The Morgan fingerprint density at radius 3 is 2.73 bits per heavy atom. The Balaban J connectivity index is 1.69. The van der Waals surface area contributed by atoms with Gasteiger partial charge in [0.15, 0.2) is 0 Å². The summed E-state index contributed by atoms with van der Waals surface area (Å²) in [6.45, 7) is 1.65. The Hall–Kier alpha value is -1.60. The number of ether oxygens (including phenoxy) is 1. The number of rotatable bonds is 6. The number of hydrogen-bond acceptors (Lipinski definition) is 5. The van der Waals surface area contributed by atoms with Crippen LogP contribution in [0.25, 0.3) is 0 Å². The lowest BCUT2D eigenvalue weighted by atomic mass is 10.1. The van der Waals surface area contributed by atoms with Gasteiger partial charge in [-0.05, 0) is 24.3 Å². The summed E-state index contributed by atoms with van der Waals surface area (Å²) in [4.78, 5) is 13.6. The third-order valence-electron chi connectivity index (χ3n) is 3.57. The number of carbonyl (C=O) groups is 1. The second-order valence-electron chi connectivity index (χ2n) is 5.46. The van der Waals surface area contributed by atoms with Crippen LogP contribution in [0.5, 0.6) is 0 Å². The molecular weight excluding hydrogens is 306 g/mol. The van der Waals surface area contributed by atoms with Gasteiger partial charge in [-0.2, -0.15) is 8.42 Å². The fourth-order valence-corrected chi connectivity index (χ4v) is 2.81. The molecule has 122 valence electrons. The lowest BCUT2D eigenvalue weighted by Gasteiger charge is -2.16. The number of nitrogens with zero attached hydrogens (tertiary/aromatic N) is 1. The molecule has 1 aromatic carbocycles. The van der Waals surface area contributed by atoms with Gasteiger partial charge in [0.05, 0.1) is 12.9 Å². The van der Waals surface area contributed by atoms with E-state index in [9.17, 15) is 13.2 Å². The fourth-order valence-electron chi connectivity index (χ4n) is 2.41. The van der Waals surface area contributed by atoms with Crippen molar-refractivity contribution in [3.8, 4) is 0 Å². The first-order valence-electron chi connectivity index (χ1n) is 7.24. The van der Waals surface area contributed by atoms with E-state index in [1.807, 2.05) is 30.3 Å². The number of hydrogen-bond donors (Lipinski definition) is 0. The Morgan fingerprint density at radius 1 is 1.32 bits per heavy atom. The standard InChI is InChI=1S/C15H21NO5S/c1-22(18,19)21-10-8-13-7-9-16(11-13)15(17)20-12-14-5-3-2-4-6-14/h2-6,13H,7-12H2,1H3. The molecule has 0 spiro atoms. The Kier molecular flexibility index (Phi) is 5.79. The van der Waals surface area contributed by atoms with Gasteiger partial charge in [-0.3, -0.25) is 4.18 Å². The van der Waals surface area contributed by atoms with Gasteiger partial charge in [0, 0.05) is 13.1 Å². The maximum Gasteiger partial charge on any atom is 0.410 e. The first-order chi connectivity index (χ1) is 10.4. The number of amides is 1. The van der Waals surface area contributed by atoms with E-state index in [1.54, 1.807) is 4.90 Å². The minimum Gasteiger partial charge on any atom is -0.445 e. The molecular formula is C15H21NO5S. The highest BCUT2D eigenvalue weighted by Gasteiger charge is 2.27.